The van der Waals surface area contributed by atoms with Crippen molar-refractivity contribution in [3.05, 3.63) is 10.4 Å². The van der Waals surface area contributed by atoms with Gasteiger partial charge in [-0.3, -0.25) is 14.5 Å². The third-order valence-corrected chi connectivity index (χ3v) is 10.7. The number of nitrogens with one attached hydrogen (secondary N) is 1. The Morgan fingerprint density at radius 3 is 2.47 bits per heavy atom. The Morgan fingerprint density at radius 1 is 1.16 bits per heavy atom. The molecule has 280 valence electrons. The topological polar surface area (TPSA) is 185 Å². The number of rotatable bonds is 10. The van der Waals surface area contributed by atoms with Gasteiger partial charge in [-0.15, -0.1) is 0 Å². The molecule has 0 spiro atoms. The first-order valence-corrected chi connectivity index (χ1v) is 17.7. The van der Waals surface area contributed by atoms with Gasteiger partial charge in [-0.05, 0) is 98.8 Å². The first kappa shape index (κ1) is 40.9. The van der Waals surface area contributed by atoms with E-state index in [0.29, 0.717) is 51.7 Å². The van der Waals surface area contributed by atoms with E-state index in [0.717, 1.165) is 0 Å². The molecule has 3 aliphatic heterocycles. The van der Waals surface area contributed by atoms with Gasteiger partial charge >= 0.3 is 12.1 Å². The van der Waals surface area contributed by atoms with Crippen molar-refractivity contribution in [3.63, 3.8) is 0 Å². The summed E-state index contributed by atoms with van der Waals surface area (Å²) in [6, 6.07) is -1.02. The van der Waals surface area contributed by atoms with Gasteiger partial charge in [0, 0.05) is 43.6 Å². The van der Waals surface area contributed by atoms with E-state index in [-0.39, 0.29) is 30.5 Å². The summed E-state index contributed by atoms with van der Waals surface area (Å²) in [7, 11) is 5.35. The largest absolute Gasteiger partial charge is 0.458 e. The number of aliphatic hydroxyl groups excluding tert-OH is 1. The minimum atomic E-state index is -1.22. The summed E-state index contributed by atoms with van der Waals surface area (Å²) >= 11 is 0. The number of Topliss-reactive ketones (excluding diaryl/α,β-unsaturated/α-hetero) is 1. The predicted octanol–water partition coefficient (Wildman–Crippen LogP) is 3.81. The number of fused-ring (bicyclic) bond motifs is 1. The van der Waals surface area contributed by atoms with Gasteiger partial charge in [0.25, 0.3) is 0 Å². The van der Waals surface area contributed by atoms with Gasteiger partial charge in [-0.2, -0.15) is 0 Å². The lowest BCUT2D eigenvalue weighted by Crippen LogP contribution is -2.61. The van der Waals surface area contributed by atoms with Crippen LogP contribution in [0, 0.1) is 11.8 Å². The lowest BCUT2D eigenvalue weighted by Gasteiger charge is -2.45. The molecule has 0 saturated carbocycles. The second-order valence-corrected chi connectivity index (χ2v) is 14.8. The first-order valence-electron chi connectivity index (χ1n) is 17.7. The summed E-state index contributed by atoms with van der Waals surface area (Å²) < 4.78 is 30.8. The van der Waals surface area contributed by atoms with E-state index in [4.69, 9.17) is 29.2 Å². The van der Waals surface area contributed by atoms with Crippen molar-refractivity contribution in [1.29, 1.82) is 0 Å². The third-order valence-electron chi connectivity index (χ3n) is 10.7. The molecule has 0 bridgehead atoms. The number of amides is 1. The molecular formula is C34H60N6O9. The number of hydrogen-bond acceptors (Lipinski definition) is 12. The quantitative estimate of drug-likeness (QED) is 0.0845. The lowest BCUT2D eigenvalue weighted by molar-refractivity contribution is -0.289. The molecule has 49 heavy (non-hydrogen) atoms. The Kier molecular flexibility index (Phi) is 14.7. The Labute approximate surface area is 291 Å². The Morgan fingerprint density at radius 2 is 1.86 bits per heavy atom. The Bertz CT molecular complexity index is 1190. The van der Waals surface area contributed by atoms with E-state index >= 15 is 0 Å². The van der Waals surface area contributed by atoms with Gasteiger partial charge in [0.05, 0.1) is 23.9 Å². The second-order valence-electron chi connectivity index (χ2n) is 14.8. The second kappa shape index (κ2) is 17.6. The molecule has 0 aromatic rings. The predicted molar refractivity (Wildman–Crippen MR) is 182 cm³/mol. The summed E-state index contributed by atoms with van der Waals surface area (Å²) in [5.74, 6) is -2.28. The van der Waals surface area contributed by atoms with Crippen LogP contribution in [0.5, 0.6) is 0 Å². The highest BCUT2D eigenvalue weighted by Crippen LogP contribution is 2.39. The maximum absolute atomic E-state index is 13.9. The summed E-state index contributed by atoms with van der Waals surface area (Å²) in [6.45, 7) is 14.2. The molecule has 3 unspecified atom stereocenters. The SMILES string of the molecule is CC[C@H]1OC(=O)[C@H](C)C(=O)C[C@@H](O[C@@H]2OC(C)CC(N(C)C)C2O)[C@](C)(OC)C[C@@H](C)CN[C@H](C)[C@H]2N(CCCCN=[N+]=[N-])C(=O)O[C@]12C. The van der Waals surface area contributed by atoms with Crippen LogP contribution in [-0.2, 0) is 33.3 Å². The molecule has 15 nitrogen and oxygen atoms in total. The molecule has 0 aromatic carbocycles. The van der Waals surface area contributed by atoms with Crippen molar-refractivity contribution in [2.75, 3.05) is 40.8 Å². The van der Waals surface area contributed by atoms with Crippen LogP contribution < -0.4 is 5.32 Å². The van der Waals surface area contributed by atoms with E-state index in [1.165, 1.54) is 6.92 Å². The molecule has 12 atom stereocenters. The molecule has 1 amide bonds. The average molecular weight is 697 g/mol. The molecule has 3 saturated heterocycles. The van der Waals surface area contributed by atoms with Crippen LogP contribution in [0.1, 0.15) is 87.0 Å². The number of carbonyl (C=O) groups is 3. The van der Waals surface area contributed by atoms with E-state index < -0.39 is 65.6 Å². The van der Waals surface area contributed by atoms with E-state index in [2.05, 4.69) is 22.3 Å². The number of unbranched alkanes of at least 4 members (excludes halogenated alkanes) is 1. The number of nitrogens with zero attached hydrogens (tertiary/aromatic N) is 5. The van der Waals surface area contributed by atoms with E-state index in [9.17, 15) is 19.5 Å². The number of azide groups is 1. The number of ether oxygens (including phenoxy) is 5. The van der Waals surface area contributed by atoms with Crippen LogP contribution in [0.4, 0.5) is 4.79 Å². The van der Waals surface area contributed by atoms with Gasteiger partial charge in [-0.1, -0.05) is 19.0 Å². The maximum Gasteiger partial charge on any atom is 0.410 e. The number of ketones is 1. The summed E-state index contributed by atoms with van der Waals surface area (Å²) in [4.78, 5) is 47.4. The van der Waals surface area contributed by atoms with Crippen molar-refractivity contribution >= 4 is 17.8 Å². The Hall–Kier alpha value is -2.52. The number of carbonyl (C=O) groups excluding carboxylic acids is 3. The highest BCUT2D eigenvalue weighted by atomic mass is 16.7. The van der Waals surface area contributed by atoms with Crippen LogP contribution >= 0.6 is 0 Å². The highest BCUT2D eigenvalue weighted by Gasteiger charge is 2.58. The number of esters is 1. The number of likely N-dealkylation sites (N-methyl/N-ethyl adjacent to an activating group) is 1. The summed E-state index contributed by atoms with van der Waals surface area (Å²) in [5.41, 5.74) is 6.41. The molecule has 0 aromatic heterocycles. The lowest BCUT2D eigenvalue weighted by atomic mass is 9.83. The Balaban J connectivity index is 1.98. The fourth-order valence-corrected chi connectivity index (χ4v) is 7.66. The van der Waals surface area contributed by atoms with Gasteiger partial charge < -0.3 is 39.0 Å². The molecule has 3 aliphatic rings. The summed E-state index contributed by atoms with van der Waals surface area (Å²) in [5, 5.41) is 18.5. The smallest absolute Gasteiger partial charge is 0.410 e. The number of aliphatic hydroxyl groups is 1. The van der Waals surface area contributed by atoms with Crippen LogP contribution in [0.25, 0.3) is 10.4 Å². The van der Waals surface area contributed by atoms with E-state index in [1.807, 2.05) is 46.7 Å². The normalized spacial score (nSPS) is 39.8. The third kappa shape index (κ3) is 9.63. The summed E-state index contributed by atoms with van der Waals surface area (Å²) in [6.07, 6.45) is -1.97. The van der Waals surface area contributed by atoms with Gasteiger partial charge in [0.1, 0.15) is 23.9 Å². The van der Waals surface area contributed by atoms with Crippen LogP contribution in [-0.4, -0.2) is 134 Å². The van der Waals surface area contributed by atoms with E-state index in [1.54, 1.807) is 18.9 Å². The minimum absolute atomic E-state index is 0.00299. The fourth-order valence-electron chi connectivity index (χ4n) is 7.66. The molecule has 0 radical (unpaired) electrons. The number of methoxy groups -OCH3 is 1. The monoisotopic (exact) mass is 696 g/mol. The molecule has 3 fully saturated rings. The van der Waals surface area contributed by atoms with Gasteiger partial charge in [-0.25, -0.2) is 4.79 Å². The molecule has 15 heteroatoms. The highest BCUT2D eigenvalue weighted by molar-refractivity contribution is 5.99. The van der Waals surface area contributed by atoms with Crippen molar-refractivity contribution in [1.82, 2.24) is 15.1 Å². The molecule has 0 aliphatic carbocycles. The standard InChI is InChI=1S/C34H60N6O9/c1-11-26-34(7)29(40(32(44)49-34)15-13-12-14-37-38-35)23(5)36-19-20(2)18-33(6,45-10)27(17-25(41)22(4)30(43)47-26)48-31-28(42)24(39(8)9)16-21(3)46-31/h20-24,26-29,31,36,42H,11-19H2,1-10H3/t20-,21?,22-,23-,24?,26-,27-,28?,29-,31+,33-,34-/m1/s1. The molecule has 3 heterocycles. The van der Waals surface area contributed by atoms with Crippen molar-refractivity contribution < 1.29 is 43.2 Å². The zero-order valence-electron chi connectivity index (χ0n) is 31.1. The number of hydrogen-bond donors (Lipinski definition) is 2. The zero-order valence-corrected chi connectivity index (χ0v) is 31.1. The van der Waals surface area contributed by atoms with Gasteiger partial charge in [0.2, 0.25) is 0 Å². The fraction of sp³-hybridized carbons (Fsp3) is 0.912. The van der Waals surface area contributed by atoms with Crippen molar-refractivity contribution in [2.45, 2.75) is 147 Å². The van der Waals surface area contributed by atoms with Crippen LogP contribution in [0.3, 0.4) is 0 Å². The van der Waals surface area contributed by atoms with Crippen molar-refractivity contribution in [2.24, 2.45) is 17.0 Å². The average Bonchev–Trinajstić information content (AvgIpc) is 3.31. The minimum Gasteiger partial charge on any atom is -0.458 e. The number of cyclic esters (lactones) is 1. The molecule has 3 rings (SSSR count). The van der Waals surface area contributed by atoms with Crippen molar-refractivity contribution in [3.8, 4) is 0 Å². The zero-order chi connectivity index (χ0) is 36.7. The molecule has 2 N–H and O–H groups in total. The maximum atomic E-state index is 13.9. The molecular weight excluding hydrogens is 636 g/mol. The van der Waals surface area contributed by atoms with Crippen LogP contribution in [0.2, 0.25) is 0 Å². The van der Waals surface area contributed by atoms with Gasteiger partial charge in [0.15, 0.2) is 11.9 Å². The van der Waals surface area contributed by atoms with Crippen LogP contribution in [0.15, 0.2) is 5.11 Å². The first-order chi connectivity index (χ1) is 23.0.